The Morgan fingerprint density at radius 1 is 0.667 bits per heavy atom. The van der Waals surface area contributed by atoms with Crippen LogP contribution in [0.15, 0.2) is 47.2 Å². The molecule has 0 unspecified atom stereocenters. The topological polar surface area (TPSA) is 80.3 Å². The van der Waals surface area contributed by atoms with E-state index in [1.165, 1.54) is 4.13 Å². The minimum atomic E-state index is -4.57. The Bertz CT molecular complexity index is 1040. The number of sulfonamides is 2. The predicted molar refractivity (Wildman–Crippen MR) is 91.8 cm³/mol. The highest BCUT2D eigenvalue weighted by molar-refractivity contribution is 8.07. The third-order valence-corrected chi connectivity index (χ3v) is 5.86. The molecule has 0 atom stereocenters. The molecular formula is C16H11F4NO4S2. The van der Waals surface area contributed by atoms with Crippen LogP contribution in [0.2, 0.25) is 0 Å². The highest BCUT2D eigenvalue weighted by Crippen LogP contribution is 2.13. The number of nitrogens with one attached hydrogen (secondary N) is 1. The Morgan fingerprint density at radius 2 is 1.04 bits per heavy atom. The van der Waals surface area contributed by atoms with Gasteiger partial charge in [0.1, 0.15) is 23.3 Å². The molecule has 0 radical (unpaired) electrons. The van der Waals surface area contributed by atoms with Crippen molar-refractivity contribution in [2.24, 2.45) is 0 Å². The molecule has 0 aliphatic carbocycles. The summed E-state index contributed by atoms with van der Waals surface area (Å²) in [5.41, 5.74) is -0.578. The molecule has 2 aromatic rings. The average Bonchev–Trinajstić information content (AvgIpc) is 2.52. The van der Waals surface area contributed by atoms with Gasteiger partial charge in [-0.1, -0.05) is 0 Å². The molecule has 0 aromatic heterocycles. The van der Waals surface area contributed by atoms with Gasteiger partial charge in [-0.25, -0.2) is 34.4 Å². The molecule has 11 heteroatoms. The maximum absolute atomic E-state index is 13.4. The van der Waals surface area contributed by atoms with Crippen molar-refractivity contribution in [2.45, 2.75) is 0 Å². The normalized spacial score (nSPS) is 12.9. The van der Waals surface area contributed by atoms with Crippen LogP contribution in [0.1, 0.15) is 11.1 Å². The Kier molecular flexibility index (Phi) is 6.19. The van der Waals surface area contributed by atoms with Crippen molar-refractivity contribution < 1.29 is 34.4 Å². The van der Waals surface area contributed by atoms with Crippen LogP contribution in [0.3, 0.4) is 0 Å². The molecule has 0 saturated heterocycles. The molecule has 0 fully saturated rings. The van der Waals surface area contributed by atoms with Crippen molar-refractivity contribution >= 4 is 32.2 Å². The summed E-state index contributed by atoms with van der Waals surface area (Å²) in [6.07, 6.45) is 1.46. The van der Waals surface area contributed by atoms with E-state index in [0.29, 0.717) is 22.9 Å². The largest absolute Gasteiger partial charge is 0.246 e. The van der Waals surface area contributed by atoms with E-state index in [-0.39, 0.29) is 11.1 Å². The van der Waals surface area contributed by atoms with E-state index in [1.807, 2.05) is 0 Å². The summed E-state index contributed by atoms with van der Waals surface area (Å²) in [6.45, 7) is 0. The summed E-state index contributed by atoms with van der Waals surface area (Å²) in [4.78, 5) is 0. The minimum Gasteiger partial charge on any atom is -0.207 e. The van der Waals surface area contributed by atoms with Gasteiger partial charge >= 0.3 is 0 Å². The van der Waals surface area contributed by atoms with Crippen molar-refractivity contribution in [3.05, 3.63) is 81.6 Å². The van der Waals surface area contributed by atoms with E-state index in [9.17, 15) is 34.4 Å². The van der Waals surface area contributed by atoms with Crippen LogP contribution in [0.4, 0.5) is 17.6 Å². The fourth-order valence-electron chi connectivity index (χ4n) is 1.82. The fourth-order valence-corrected chi connectivity index (χ4v) is 4.21. The molecule has 144 valence electrons. The molecule has 0 saturated carbocycles. The zero-order valence-corrected chi connectivity index (χ0v) is 14.9. The summed E-state index contributed by atoms with van der Waals surface area (Å²) >= 11 is 0. The van der Waals surface area contributed by atoms with Crippen LogP contribution in [0.5, 0.6) is 0 Å². The second kappa shape index (κ2) is 8.03. The summed E-state index contributed by atoms with van der Waals surface area (Å²) in [5.74, 6) is -3.83. The quantitative estimate of drug-likeness (QED) is 0.727. The first-order valence-electron chi connectivity index (χ1n) is 7.02. The molecule has 0 bridgehead atoms. The van der Waals surface area contributed by atoms with Crippen LogP contribution in [-0.2, 0) is 20.0 Å². The number of hydrogen-bond acceptors (Lipinski definition) is 4. The zero-order valence-electron chi connectivity index (χ0n) is 13.2. The van der Waals surface area contributed by atoms with Crippen LogP contribution in [0.25, 0.3) is 12.2 Å². The molecule has 0 aliphatic heterocycles. The van der Waals surface area contributed by atoms with Crippen LogP contribution in [0, 0.1) is 23.3 Å². The third-order valence-electron chi connectivity index (χ3n) is 3.01. The van der Waals surface area contributed by atoms with Crippen LogP contribution < -0.4 is 4.13 Å². The van der Waals surface area contributed by atoms with Crippen LogP contribution >= 0.6 is 0 Å². The van der Waals surface area contributed by atoms with E-state index in [2.05, 4.69) is 0 Å². The zero-order chi connectivity index (χ0) is 20.2. The SMILES string of the molecule is O=S(=O)(/C=C\c1ccc(F)cc1F)NS(=O)(=O)/C=C/c1ccc(F)cc1F. The van der Waals surface area contributed by atoms with Crippen molar-refractivity contribution in [3.63, 3.8) is 0 Å². The second-order valence-corrected chi connectivity index (χ2v) is 8.50. The number of rotatable bonds is 6. The first-order chi connectivity index (χ1) is 12.5. The summed E-state index contributed by atoms with van der Waals surface area (Å²) in [6, 6.07) is 4.75. The molecule has 5 nitrogen and oxygen atoms in total. The number of halogens is 4. The Balaban J connectivity index is 2.17. The Labute approximate surface area is 152 Å². The second-order valence-electron chi connectivity index (χ2n) is 5.11. The molecule has 0 amide bonds. The van der Waals surface area contributed by atoms with Gasteiger partial charge in [0, 0.05) is 34.1 Å². The fraction of sp³-hybridized carbons (Fsp3) is 0. The van der Waals surface area contributed by atoms with Crippen molar-refractivity contribution in [2.75, 3.05) is 0 Å². The van der Waals surface area contributed by atoms with Gasteiger partial charge in [0.25, 0.3) is 0 Å². The maximum Gasteiger partial charge on any atom is 0.246 e. The monoisotopic (exact) mass is 421 g/mol. The Hall–Kier alpha value is -2.50. The average molecular weight is 421 g/mol. The lowest BCUT2D eigenvalue weighted by atomic mass is 10.2. The van der Waals surface area contributed by atoms with E-state index in [4.69, 9.17) is 0 Å². The van der Waals surface area contributed by atoms with E-state index in [0.717, 1.165) is 36.4 Å². The lowest BCUT2D eigenvalue weighted by Crippen LogP contribution is -2.27. The van der Waals surface area contributed by atoms with Crippen LogP contribution in [-0.4, -0.2) is 16.8 Å². The summed E-state index contributed by atoms with van der Waals surface area (Å²) < 4.78 is 101. The molecule has 27 heavy (non-hydrogen) atoms. The van der Waals surface area contributed by atoms with Gasteiger partial charge in [0.05, 0.1) is 0 Å². The van der Waals surface area contributed by atoms with Gasteiger partial charge in [-0.3, -0.25) is 0 Å². The lowest BCUT2D eigenvalue weighted by molar-refractivity contribution is 0.581. The van der Waals surface area contributed by atoms with Gasteiger partial charge in [-0.15, -0.1) is 4.13 Å². The van der Waals surface area contributed by atoms with Crippen molar-refractivity contribution in [1.82, 2.24) is 4.13 Å². The maximum atomic E-state index is 13.4. The lowest BCUT2D eigenvalue weighted by Gasteiger charge is -2.02. The number of hydrogen-bond donors (Lipinski definition) is 1. The molecule has 0 aliphatic rings. The third kappa shape index (κ3) is 6.31. The van der Waals surface area contributed by atoms with Gasteiger partial charge in [0.2, 0.25) is 20.0 Å². The predicted octanol–water partition coefficient (Wildman–Crippen LogP) is 3.13. The molecule has 2 rings (SSSR count). The van der Waals surface area contributed by atoms with Gasteiger partial charge in [-0.2, -0.15) is 0 Å². The van der Waals surface area contributed by atoms with Crippen molar-refractivity contribution in [1.29, 1.82) is 0 Å². The summed E-state index contributed by atoms with van der Waals surface area (Å²) in [7, 11) is -9.14. The van der Waals surface area contributed by atoms with Gasteiger partial charge in [0.15, 0.2) is 0 Å². The minimum absolute atomic E-state index is 0.289. The van der Waals surface area contributed by atoms with E-state index < -0.39 is 43.3 Å². The van der Waals surface area contributed by atoms with E-state index in [1.54, 1.807) is 0 Å². The van der Waals surface area contributed by atoms with Gasteiger partial charge in [-0.05, 0) is 36.4 Å². The molecule has 0 spiro atoms. The first kappa shape index (κ1) is 20.8. The van der Waals surface area contributed by atoms with Crippen molar-refractivity contribution in [3.8, 4) is 0 Å². The molecule has 2 aromatic carbocycles. The first-order valence-corrected chi connectivity index (χ1v) is 10.1. The molecule has 0 heterocycles. The molecular weight excluding hydrogens is 410 g/mol. The highest BCUT2D eigenvalue weighted by atomic mass is 32.3. The molecule has 1 N–H and O–H groups in total. The smallest absolute Gasteiger partial charge is 0.207 e. The number of benzene rings is 2. The van der Waals surface area contributed by atoms with E-state index >= 15 is 0 Å². The highest BCUT2D eigenvalue weighted by Gasteiger charge is 2.16. The van der Waals surface area contributed by atoms with Gasteiger partial charge < -0.3 is 0 Å². The standard InChI is InChI=1S/C16H11F4NO4S2/c17-13-3-1-11(15(19)9-13)5-7-26(22,23)21-27(24,25)8-6-12-2-4-14(18)10-16(12)20/h1-10,21H/b7-5-,8-6+. The summed E-state index contributed by atoms with van der Waals surface area (Å²) in [5, 5.41) is 0.736. The Morgan fingerprint density at radius 3 is 1.37 bits per heavy atom.